The molecule has 2 heterocycles. The molecule has 3 aromatic rings. The fourth-order valence-electron chi connectivity index (χ4n) is 2.49. The van der Waals surface area contributed by atoms with E-state index in [0.717, 1.165) is 11.4 Å². The Hall–Kier alpha value is -2.70. The first kappa shape index (κ1) is 16.8. The van der Waals surface area contributed by atoms with Crippen LogP contribution in [0.5, 0.6) is 11.5 Å². The zero-order chi connectivity index (χ0) is 17.9. The van der Waals surface area contributed by atoms with Gasteiger partial charge >= 0.3 is 0 Å². The Morgan fingerprint density at radius 1 is 0.885 bits per heavy atom. The summed E-state index contributed by atoms with van der Waals surface area (Å²) in [5, 5.41) is 7.25. The Morgan fingerprint density at radius 2 is 1.65 bits per heavy atom. The summed E-state index contributed by atoms with van der Waals surface area (Å²) in [5.41, 5.74) is 1.39. The second-order valence-electron chi connectivity index (χ2n) is 5.47. The monoisotopic (exact) mass is 388 g/mol. The van der Waals surface area contributed by atoms with Crippen molar-refractivity contribution in [2.75, 3.05) is 23.8 Å². The molecule has 0 bridgehead atoms. The number of hydrogen-bond donors (Lipinski definition) is 2. The van der Waals surface area contributed by atoms with Gasteiger partial charge in [-0.3, -0.25) is 0 Å². The van der Waals surface area contributed by atoms with Crippen molar-refractivity contribution in [2.24, 2.45) is 0 Å². The van der Waals surface area contributed by atoms with Crippen molar-refractivity contribution < 1.29 is 9.47 Å². The molecule has 2 N–H and O–H groups in total. The molecule has 0 atom stereocenters. The third kappa shape index (κ3) is 3.61. The molecule has 1 aromatic heterocycles. The lowest BCUT2D eigenvalue weighted by molar-refractivity contribution is 0.171. The van der Waals surface area contributed by atoms with Crippen molar-refractivity contribution in [1.29, 1.82) is 0 Å². The maximum atomic E-state index is 6.17. The van der Waals surface area contributed by atoms with Gasteiger partial charge in [0.15, 0.2) is 11.5 Å². The predicted octanol–water partition coefficient (Wildman–Crippen LogP) is 5.04. The maximum Gasteiger partial charge on any atom is 0.229 e. The number of hydrogen-bond acceptors (Lipinski definition) is 6. The van der Waals surface area contributed by atoms with E-state index < -0.39 is 0 Å². The molecule has 0 saturated heterocycles. The van der Waals surface area contributed by atoms with Crippen LogP contribution in [0, 0.1) is 0 Å². The molecular formula is C18H14Cl2N4O2. The number of nitrogens with zero attached hydrogens (tertiary/aromatic N) is 2. The van der Waals surface area contributed by atoms with Crippen LogP contribution in [0.3, 0.4) is 0 Å². The van der Waals surface area contributed by atoms with Gasteiger partial charge in [0.05, 0.1) is 15.7 Å². The fourth-order valence-corrected chi connectivity index (χ4v) is 2.98. The van der Waals surface area contributed by atoms with Crippen molar-refractivity contribution in [3.05, 3.63) is 58.7 Å². The number of ether oxygens (including phenoxy) is 2. The van der Waals surface area contributed by atoms with E-state index in [1.54, 1.807) is 30.5 Å². The summed E-state index contributed by atoms with van der Waals surface area (Å²) in [6, 6.07) is 12.6. The summed E-state index contributed by atoms with van der Waals surface area (Å²) < 4.78 is 11.1. The molecule has 8 heteroatoms. The van der Waals surface area contributed by atoms with Crippen LogP contribution in [0.25, 0.3) is 0 Å². The lowest BCUT2D eigenvalue weighted by atomic mass is 10.2. The van der Waals surface area contributed by atoms with Gasteiger partial charge in [-0.15, -0.1) is 0 Å². The zero-order valence-corrected chi connectivity index (χ0v) is 15.0. The van der Waals surface area contributed by atoms with Crippen LogP contribution in [0.2, 0.25) is 10.0 Å². The van der Waals surface area contributed by atoms with E-state index >= 15 is 0 Å². The van der Waals surface area contributed by atoms with Crippen molar-refractivity contribution in [3.63, 3.8) is 0 Å². The van der Waals surface area contributed by atoms with Gasteiger partial charge in [-0.1, -0.05) is 29.3 Å². The summed E-state index contributed by atoms with van der Waals surface area (Å²) in [4.78, 5) is 8.64. The van der Waals surface area contributed by atoms with E-state index in [4.69, 9.17) is 32.7 Å². The van der Waals surface area contributed by atoms with E-state index in [2.05, 4.69) is 20.6 Å². The van der Waals surface area contributed by atoms with E-state index in [1.807, 2.05) is 18.2 Å². The normalized spacial score (nSPS) is 12.5. The van der Waals surface area contributed by atoms with E-state index in [9.17, 15) is 0 Å². The zero-order valence-electron chi connectivity index (χ0n) is 13.5. The topological polar surface area (TPSA) is 68.3 Å². The third-order valence-electron chi connectivity index (χ3n) is 3.67. The Bertz CT molecular complexity index is 932. The summed E-state index contributed by atoms with van der Waals surface area (Å²) in [6.45, 7) is 1.10. The highest BCUT2D eigenvalue weighted by Crippen LogP contribution is 2.34. The molecule has 132 valence electrons. The summed E-state index contributed by atoms with van der Waals surface area (Å²) in [5.74, 6) is 2.43. The maximum absolute atomic E-state index is 6.17. The third-order valence-corrected chi connectivity index (χ3v) is 4.30. The number of para-hydroxylation sites is 1. The molecule has 0 spiro atoms. The Kier molecular flexibility index (Phi) is 4.69. The van der Waals surface area contributed by atoms with E-state index in [-0.39, 0.29) is 0 Å². The fraction of sp³-hybridized carbons (Fsp3) is 0.111. The van der Waals surface area contributed by atoms with Crippen LogP contribution >= 0.6 is 23.2 Å². The van der Waals surface area contributed by atoms with Crippen LogP contribution in [-0.2, 0) is 0 Å². The van der Waals surface area contributed by atoms with Gasteiger partial charge in [0.25, 0.3) is 0 Å². The van der Waals surface area contributed by atoms with Crippen LogP contribution in [-0.4, -0.2) is 23.2 Å². The van der Waals surface area contributed by atoms with Gasteiger partial charge in [-0.25, -0.2) is 4.98 Å². The van der Waals surface area contributed by atoms with Crippen molar-refractivity contribution >= 4 is 46.3 Å². The standard InChI is InChI=1S/C18H14Cl2N4O2/c19-12-2-1-3-13(20)17(12)24-18-21-7-6-16(23-18)22-11-4-5-14-15(10-11)26-9-8-25-14/h1-7,10H,8-9H2,(H2,21,22,23,24). The minimum Gasteiger partial charge on any atom is -0.486 e. The second kappa shape index (κ2) is 7.27. The quantitative estimate of drug-likeness (QED) is 0.652. The van der Waals surface area contributed by atoms with Gasteiger partial charge in [-0.2, -0.15) is 4.98 Å². The first-order valence-corrected chi connectivity index (χ1v) is 8.65. The molecule has 2 aromatic carbocycles. The predicted molar refractivity (Wildman–Crippen MR) is 102 cm³/mol. The number of anilines is 4. The van der Waals surface area contributed by atoms with Crippen LogP contribution in [0.4, 0.5) is 23.1 Å². The molecule has 1 aliphatic heterocycles. The van der Waals surface area contributed by atoms with Crippen LogP contribution in [0.15, 0.2) is 48.7 Å². The Morgan fingerprint density at radius 3 is 2.46 bits per heavy atom. The summed E-state index contributed by atoms with van der Waals surface area (Å²) in [7, 11) is 0. The number of halogens is 2. The SMILES string of the molecule is Clc1cccc(Cl)c1Nc1nccc(Nc2ccc3c(c2)OCCO3)n1. The number of rotatable bonds is 4. The lowest BCUT2D eigenvalue weighted by Gasteiger charge is -2.19. The molecule has 0 saturated carbocycles. The lowest BCUT2D eigenvalue weighted by Crippen LogP contribution is -2.15. The molecule has 0 radical (unpaired) electrons. The number of nitrogens with one attached hydrogen (secondary N) is 2. The highest BCUT2D eigenvalue weighted by Gasteiger charge is 2.12. The molecule has 0 unspecified atom stereocenters. The Balaban J connectivity index is 1.54. The van der Waals surface area contributed by atoms with Gasteiger partial charge in [0.1, 0.15) is 19.0 Å². The molecule has 0 aliphatic carbocycles. The number of aromatic nitrogens is 2. The minimum atomic E-state index is 0.377. The number of fused-ring (bicyclic) bond motifs is 1. The highest BCUT2D eigenvalue weighted by atomic mass is 35.5. The molecule has 0 fully saturated rings. The average Bonchev–Trinajstić information content (AvgIpc) is 2.65. The molecule has 4 rings (SSSR count). The van der Waals surface area contributed by atoms with Gasteiger partial charge in [0.2, 0.25) is 5.95 Å². The second-order valence-corrected chi connectivity index (χ2v) is 6.28. The first-order chi connectivity index (χ1) is 12.7. The van der Waals surface area contributed by atoms with E-state index in [0.29, 0.717) is 46.5 Å². The van der Waals surface area contributed by atoms with E-state index in [1.165, 1.54) is 0 Å². The molecule has 1 aliphatic rings. The molecular weight excluding hydrogens is 375 g/mol. The van der Waals surface area contributed by atoms with Gasteiger partial charge in [0, 0.05) is 18.0 Å². The summed E-state index contributed by atoms with van der Waals surface area (Å²) in [6.07, 6.45) is 1.64. The average molecular weight is 389 g/mol. The van der Waals surface area contributed by atoms with Gasteiger partial charge in [-0.05, 0) is 30.3 Å². The van der Waals surface area contributed by atoms with Crippen molar-refractivity contribution in [1.82, 2.24) is 9.97 Å². The summed E-state index contributed by atoms with van der Waals surface area (Å²) >= 11 is 12.3. The molecule has 6 nitrogen and oxygen atoms in total. The van der Waals surface area contributed by atoms with Gasteiger partial charge < -0.3 is 20.1 Å². The molecule has 0 amide bonds. The first-order valence-electron chi connectivity index (χ1n) is 7.90. The van der Waals surface area contributed by atoms with Crippen molar-refractivity contribution in [2.45, 2.75) is 0 Å². The molecule has 26 heavy (non-hydrogen) atoms. The van der Waals surface area contributed by atoms with Crippen molar-refractivity contribution in [3.8, 4) is 11.5 Å². The Labute approximate surface area is 160 Å². The minimum absolute atomic E-state index is 0.377. The van der Waals surface area contributed by atoms with Crippen LogP contribution < -0.4 is 20.1 Å². The van der Waals surface area contributed by atoms with Crippen LogP contribution in [0.1, 0.15) is 0 Å². The number of benzene rings is 2. The highest BCUT2D eigenvalue weighted by molar-refractivity contribution is 6.39. The largest absolute Gasteiger partial charge is 0.486 e. The smallest absolute Gasteiger partial charge is 0.229 e.